The minimum absolute atomic E-state index is 0.0527. The van der Waals surface area contributed by atoms with Crippen LogP contribution < -0.4 is 10.2 Å². The van der Waals surface area contributed by atoms with Crippen LogP contribution in [0, 0.1) is 0 Å². The third-order valence-corrected chi connectivity index (χ3v) is 5.16. The van der Waals surface area contributed by atoms with Crippen LogP contribution in [0.2, 0.25) is 0 Å². The lowest BCUT2D eigenvalue weighted by atomic mass is 10.1. The maximum Gasteiger partial charge on any atom is 0.321 e. The number of nitrogens with one attached hydrogen (secondary N) is 1. The van der Waals surface area contributed by atoms with Crippen LogP contribution in [0.25, 0.3) is 0 Å². The number of benzene rings is 1. The van der Waals surface area contributed by atoms with Crippen LogP contribution in [0.1, 0.15) is 5.56 Å². The van der Waals surface area contributed by atoms with Crippen molar-refractivity contribution >= 4 is 17.7 Å². The molecule has 1 N–H and O–H groups in total. The van der Waals surface area contributed by atoms with Gasteiger partial charge in [-0.3, -0.25) is 4.90 Å². The van der Waals surface area contributed by atoms with E-state index in [0.717, 1.165) is 63.1 Å². The molecule has 0 radical (unpaired) electrons. The fourth-order valence-electron chi connectivity index (χ4n) is 3.54. The Morgan fingerprint density at radius 1 is 0.964 bits per heavy atom. The number of carbonyl (C=O) groups is 1. The summed E-state index contributed by atoms with van der Waals surface area (Å²) in [6, 6.07) is 9.79. The predicted molar refractivity (Wildman–Crippen MR) is 107 cm³/mol. The molecule has 2 fully saturated rings. The van der Waals surface area contributed by atoms with E-state index < -0.39 is 0 Å². The van der Waals surface area contributed by atoms with Crippen LogP contribution in [-0.2, 0) is 11.3 Å². The second-order valence-corrected chi connectivity index (χ2v) is 7.00. The van der Waals surface area contributed by atoms with E-state index in [-0.39, 0.29) is 6.03 Å². The van der Waals surface area contributed by atoms with Crippen LogP contribution in [0.15, 0.2) is 42.7 Å². The van der Waals surface area contributed by atoms with Crippen molar-refractivity contribution in [3.63, 3.8) is 0 Å². The van der Waals surface area contributed by atoms with E-state index in [1.165, 1.54) is 0 Å². The number of para-hydroxylation sites is 1. The molecule has 2 amide bonds. The standard InChI is InChI=1S/C20H26N6O2/c27-20(26-10-8-25(9-11-26)19-21-6-3-7-22-19)23-18-5-2-1-4-17(18)16-24-12-14-28-15-13-24/h1-7H,8-16H2,(H,23,27). The van der Waals surface area contributed by atoms with Crippen molar-refractivity contribution in [1.82, 2.24) is 19.8 Å². The van der Waals surface area contributed by atoms with Crippen LogP contribution >= 0.6 is 0 Å². The molecule has 2 saturated heterocycles. The van der Waals surface area contributed by atoms with Gasteiger partial charge in [-0.05, 0) is 17.7 Å². The Morgan fingerprint density at radius 3 is 2.43 bits per heavy atom. The molecule has 148 valence electrons. The van der Waals surface area contributed by atoms with Gasteiger partial charge < -0.3 is 19.9 Å². The summed E-state index contributed by atoms with van der Waals surface area (Å²) in [5.74, 6) is 0.721. The topological polar surface area (TPSA) is 73.8 Å². The zero-order valence-corrected chi connectivity index (χ0v) is 16.0. The highest BCUT2D eigenvalue weighted by molar-refractivity contribution is 5.90. The smallest absolute Gasteiger partial charge is 0.321 e. The van der Waals surface area contributed by atoms with Crippen molar-refractivity contribution in [3.05, 3.63) is 48.3 Å². The van der Waals surface area contributed by atoms with Gasteiger partial charge in [0.2, 0.25) is 5.95 Å². The molecule has 1 aromatic carbocycles. The lowest BCUT2D eigenvalue weighted by Gasteiger charge is -2.34. The molecule has 3 heterocycles. The number of hydrogen-bond donors (Lipinski definition) is 1. The van der Waals surface area contributed by atoms with Crippen LogP contribution in [-0.4, -0.2) is 78.3 Å². The fraction of sp³-hybridized carbons (Fsp3) is 0.450. The van der Waals surface area contributed by atoms with Crippen LogP contribution in [0.3, 0.4) is 0 Å². The highest BCUT2D eigenvalue weighted by Crippen LogP contribution is 2.19. The predicted octanol–water partition coefficient (Wildman–Crippen LogP) is 1.66. The molecule has 2 aliphatic rings. The number of piperazine rings is 1. The molecule has 0 spiro atoms. The number of carbonyl (C=O) groups excluding carboxylic acids is 1. The number of rotatable bonds is 4. The van der Waals surface area contributed by atoms with E-state index in [0.29, 0.717) is 13.1 Å². The molecule has 28 heavy (non-hydrogen) atoms. The van der Waals surface area contributed by atoms with E-state index >= 15 is 0 Å². The zero-order chi connectivity index (χ0) is 19.2. The van der Waals surface area contributed by atoms with E-state index in [9.17, 15) is 4.79 Å². The highest BCUT2D eigenvalue weighted by Gasteiger charge is 2.23. The Balaban J connectivity index is 1.34. The van der Waals surface area contributed by atoms with Gasteiger partial charge in [-0.25, -0.2) is 14.8 Å². The zero-order valence-electron chi connectivity index (χ0n) is 16.0. The summed E-state index contributed by atoms with van der Waals surface area (Å²) in [7, 11) is 0. The van der Waals surface area contributed by atoms with Gasteiger partial charge in [-0.2, -0.15) is 0 Å². The first-order chi connectivity index (χ1) is 13.8. The largest absolute Gasteiger partial charge is 0.379 e. The second kappa shape index (κ2) is 8.99. The van der Waals surface area contributed by atoms with Crippen molar-refractivity contribution in [2.45, 2.75) is 6.54 Å². The van der Waals surface area contributed by atoms with Crippen molar-refractivity contribution in [2.75, 3.05) is 62.7 Å². The molecule has 4 rings (SSSR count). The average molecular weight is 382 g/mol. The first kappa shape index (κ1) is 18.6. The summed E-state index contributed by atoms with van der Waals surface area (Å²) >= 11 is 0. The molecule has 2 aliphatic heterocycles. The summed E-state index contributed by atoms with van der Waals surface area (Å²) in [6.07, 6.45) is 3.49. The first-order valence-electron chi connectivity index (χ1n) is 9.75. The quantitative estimate of drug-likeness (QED) is 0.867. The monoisotopic (exact) mass is 382 g/mol. The Labute approximate surface area is 165 Å². The van der Waals surface area contributed by atoms with E-state index in [4.69, 9.17) is 4.74 Å². The van der Waals surface area contributed by atoms with Crippen molar-refractivity contribution < 1.29 is 9.53 Å². The SMILES string of the molecule is O=C(Nc1ccccc1CN1CCOCC1)N1CCN(c2ncccn2)CC1. The van der Waals surface area contributed by atoms with Gasteiger partial charge in [0, 0.05) is 63.9 Å². The Kier molecular flexibility index (Phi) is 5.98. The molecule has 0 bridgehead atoms. The van der Waals surface area contributed by atoms with Gasteiger partial charge >= 0.3 is 6.03 Å². The number of hydrogen-bond acceptors (Lipinski definition) is 6. The molecule has 0 atom stereocenters. The highest BCUT2D eigenvalue weighted by atomic mass is 16.5. The minimum Gasteiger partial charge on any atom is -0.379 e. The summed E-state index contributed by atoms with van der Waals surface area (Å²) in [5.41, 5.74) is 2.02. The number of ether oxygens (including phenoxy) is 1. The number of morpholine rings is 1. The average Bonchev–Trinajstić information content (AvgIpc) is 2.76. The van der Waals surface area contributed by atoms with Gasteiger partial charge in [0.25, 0.3) is 0 Å². The van der Waals surface area contributed by atoms with Gasteiger partial charge in [-0.15, -0.1) is 0 Å². The van der Waals surface area contributed by atoms with Gasteiger partial charge in [-0.1, -0.05) is 18.2 Å². The molecule has 0 aliphatic carbocycles. The molecular formula is C20H26N6O2. The van der Waals surface area contributed by atoms with E-state index in [2.05, 4.69) is 31.2 Å². The van der Waals surface area contributed by atoms with Gasteiger partial charge in [0.15, 0.2) is 0 Å². The van der Waals surface area contributed by atoms with Crippen molar-refractivity contribution in [3.8, 4) is 0 Å². The molecule has 0 unspecified atom stereocenters. The maximum atomic E-state index is 12.8. The van der Waals surface area contributed by atoms with Crippen LogP contribution in [0.5, 0.6) is 0 Å². The third kappa shape index (κ3) is 4.58. The van der Waals surface area contributed by atoms with Crippen molar-refractivity contribution in [1.29, 1.82) is 0 Å². The third-order valence-electron chi connectivity index (χ3n) is 5.16. The molecule has 1 aromatic heterocycles. The van der Waals surface area contributed by atoms with E-state index in [1.54, 1.807) is 12.4 Å². The lowest BCUT2D eigenvalue weighted by molar-refractivity contribution is 0.0342. The molecular weight excluding hydrogens is 356 g/mol. The summed E-state index contributed by atoms with van der Waals surface area (Å²) in [6.45, 7) is 6.95. The first-order valence-corrected chi connectivity index (χ1v) is 9.75. The molecule has 0 saturated carbocycles. The Hall–Kier alpha value is -2.71. The minimum atomic E-state index is -0.0527. The lowest BCUT2D eigenvalue weighted by Crippen LogP contribution is -2.50. The fourth-order valence-corrected chi connectivity index (χ4v) is 3.54. The van der Waals surface area contributed by atoms with Gasteiger partial charge in [0.05, 0.1) is 13.2 Å². The number of nitrogens with zero attached hydrogens (tertiary/aromatic N) is 5. The normalized spacial score (nSPS) is 18.1. The summed E-state index contributed by atoms with van der Waals surface area (Å²) in [4.78, 5) is 27.7. The van der Waals surface area contributed by atoms with Crippen molar-refractivity contribution in [2.24, 2.45) is 0 Å². The number of anilines is 2. The Morgan fingerprint density at radius 2 is 1.68 bits per heavy atom. The second-order valence-electron chi connectivity index (χ2n) is 7.00. The van der Waals surface area contributed by atoms with E-state index in [1.807, 2.05) is 29.2 Å². The molecule has 8 nitrogen and oxygen atoms in total. The van der Waals surface area contributed by atoms with Crippen LogP contribution in [0.4, 0.5) is 16.4 Å². The number of aromatic nitrogens is 2. The number of urea groups is 1. The molecule has 2 aromatic rings. The molecule has 8 heteroatoms. The summed E-state index contributed by atoms with van der Waals surface area (Å²) < 4.78 is 5.42. The Bertz CT molecular complexity index is 773. The number of amides is 2. The van der Waals surface area contributed by atoms with Gasteiger partial charge in [0.1, 0.15) is 0 Å². The summed E-state index contributed by atoms with van der Waals surface area (Å²) in [5, 5.41) is 3.10. The maximum absolute atomic E-state index is 12.8.